The molecule has 3 aromatic rings. The second kappa shape index (κ2) is 7.93. The molecule has 0 bridgehead atoms. The van der Waals surface area contributed by atoms with Crippen molar-refractivity contribution in [2.45, 2.75) is 32.6 Å². The van der Waals surface area contributed by atoms with Crippen molar-refractivity contribution in [3.05, 3.63) is 48.4 Å². The Hall–Kier alpha value is -3.00. The van der Waals surface area contributed by atoms with Crippen LogP contribution in [0, 0.1) is 0 Å². The van der Waals surface area contributed by atoms with E-state index < -0.39 is 0 Å². The second-order valence-electron chi connectivity index (χ2n) is 7.09. The highest BCUT2D eigenvalue weighted by atomic mass is 16.5. The van der Waals surface area contributed by atoms with Crippen LogP contribution in [0.4, 0.5) is 5.82 Å². The van der Waals surface area contributed by atoms with E-state index in [1.165, 1.54) is 0 Å². The lowest BCUT2D eigenvalue weighted by Gasteiger charge is -2.36. The molecule has 3 heterocycles. The number of morpholine rings is 1. The number of carbonyl (C=O) groups is 1. The maximum absolute atomic E-state index is 12.2. The van der Waals surface area contributed by atoms with E-state index in [4.69, 9.17) is 4.74 Å². The standard InChI is InChI=1S/C20H24N6O2/c1-14-11-25(12-15(2)28-14)18-17-10-24-26(19(17)23-13-22-18)9-8-21-20(27)16-6-4-3-5-7-16/h3-7,10,13-15H,8-9,11-12H2,1-2H3,(H,21,27)/t14-,15+. The summed E-state index contributed by atoms with van der Waals surface area (Å²) in [7, 11) is 0. The highest BCUT2D eigenvalue weighted by Gasteiger charge is 2.25. The molecule has 28 heavy (non-hydrogen) atoms. The molecule has 1 saturated heterocycles. The summed E-state index contributed by atoms with van der Waals surface area (Å²) in [6.45, 7) is 6.72. The Kier molecular flexibility index (Phi) is 5.21. The fraction of sp³-hybridized carbons (Fsp3) is 0.400. The largest absolute Gasteiger partial charge is 0.372 e. The van der Waals surface area contributed by atoms with Crippen LogP contribution in [-0.4, -0.2) is 57.5 Å². The molecule has 0 radical (unpaired) electrons. The molecule has 8 nitrogen and oxygen atoms in total. The minimum Gasteiger partial charge on any atom is -0.372 e. The van der Waals surface area contributed by atoms with Gasteiger partial charge in [0.2, 0.25) is 0 Å². The first-order valence-corrected chi connectivity index (χ1v) is 9.52. The van der Waals surface area contributed by atoms with Crippen molar-refractivity contribution >= 4 is 22.8 Å². The van der Waals surface area contributed by atoms with Crippen molar-refractivity contribution in [3.8, 4) is 0 Å². The Morgan fingerprint density at radius 1 is 1.18 bits per heavy atom. The van der Waals surface area contributed by atoms with Crippen LogP contribution >= 0.6 is 0 Å². The number of aromatic nitrogens is 4. The van der Waals surface area contributed by atoms with Gasteiger partial charge in [-0.1, -0.05) is 18.2 Å². The van der Waals surface area contributed by atoms with Gasteiger partial charge in [0, 0.05) is 25.2 Å². The van der Waals surface area contributed by atoms with Crippen molar-refractivity contribution in [2.75, 3.05) is 24.5 Å². The smallest absolute Gasteiger partial charge is 0.251 e. The normalized spacial score (nSPS) is 19.7. The Labute approximate surface area is 163 Å². The number of fused-ring (bicyclic) bond motifs is 1. The van der Waals surface area contributed by atoms with E-state index >= 15 is 0 Å². The summed E-state index contributed by atoms with van der Waals surface area (Å²) in [6, 6.07) is 9.17. The molecular formula is C20H24N6O2. The number of ether oxygens (including phenoxy) is 1. The second-order valence-corrected chi connectivity index (χ2v) is 7.09. The Morgan fingerprint density at radius 3 is 2.68 bits per heavy atom. The number of hydrogen-bond acceptors (Lipinski definition) is 6. The van der Waals surface area contributed by atoms with Crippen molar-refractivity contribution in [2.24, 2.45) is 0 Å². The Bertz CT molecular complexity index is 948. The molecule has 0 saturated carbocycles. The first-order valence-electron chi connectivity index (χ1n) is 9.52. The van der Waals surface area contributed by atoms with Crippen LogP contribution in [0.3, 0.4) is 0 Å². The number of nitrogens with zero attached hydrogens (tertiary/aromatic N) is 5. The highest BCUT2D eigenvalue weighted by Crippen LogP contribution is 2.25. The van der Waals surface area contributed by atoms with Crippen LogP contribution < -0.4 is 10.2 Å². The summed E-state index contributed by atoms with van der Waals surface area (Å²) >= 11 is 0. The van der Waals surface area contributed by atoms with Crippen LogP contribution in [0.15, 0.2) is 42.9 Å². The van der Waals surface area contributed by atoms with Crippen molar-refractivity contribution in [3.63, 3.8) is 0 Å². The van der Waals surface area contributed by atoms with Crippen LogP contribution in [0.5, 0.6) is 0 Å². The zero-order valence-electron chi connectivity index (χ0n) is 16.1. The lowest BCUT2D eigenvalue weighted by Crippen LogP contribution is -2.45. The molecule has 1 aliphatic heterocycles. The molecular weight excluding hydrogens is 356 g/mol. The third kappa shape index (κ3) is 3.82. The van der Waals surface area contributed by atoms with Gasteiger partial charge >= 0.3 is 0 Å². The van der Waals surface area contributed by atoms with Gasteiger partial charge in [-0.2, -0.15) is 5.10 Å². The Balaban J connectivity index is 1.47. The molecule has 146 valence electrons. The van der Waals surface area contributed by atoms with E-state index in [2.05, 4.69) is 39.1 Å². The number of rotatable bonds is 5. The first-order chi connectivity index (χ1) is 13.6. The quantitative estimate of drug-likeness (QED) is 0.727. The van der Waals surface area contributed by atoms with Gasteiger partial charge in [0.25, 0.3) is 5.91 Å². The van der Waals surface area contributed by atoms with E-state index in [0.717, 1.165) is 29.9 Å². The Morgan fingerprint density at radius 2 is 1.93 bits per heavy atom. The molecule has 0 aliphatic carbocycles. The van der Waals surface area contributed by atoms with Gasteiger partial charge in [0.1, 0.15) is 12.1 Å². The van der Waals surface area contributed by atoms with Crippen LogP contribution in [0.25, 0.3) is 11.0 Å². The highest BCUT2D eigenvalue weighted by molar-refractivity contribution is 5.94. The number of benzene rings is 1. The van der Waals surface area contributed by atoms with Gasteiger partial charge in [0.05, 0.1) is 30.3 Å². The minimum atomic E-state index is -0.0938. The fourth-order valence-electron chi connectivity index (χ4n) is 3.61. The maximum atomic E-state index is 12.2. The third-order valence-corrected chi connectivity index (χ3v) is 4.78. The number of hydrogen-bond donors (Lipinski definition) is 1. The van der Waals surface area contributed by atoms with Crippen LogP contribution in [-0.2, 0) is 11.3 Å². The van der Waals surface area contributed by atoms with Crippen molar-refractivity contribution in [1.82, 2.24) is 25.1 Å². The van der Waals surface area contributed by atoms with Crippen LogP contribution in [0.2, 0.25) is 0 Å². The molecule has 1 N–H and O–H groups in total. The monoisotopic (exact) mass is 380 g/mol. The van der Waals surface area contributed by atoms with Gasteiger partial charge < -0.3 is 15.0 Å². The third-order valence-electron chi connectivity index (χ3n) is 4.78. The van der Waals surface area contributed by atoms with Crippen molar-refractivity contribution < 1.29 is 9.53 Å². The molecule has 0 unspecified atom stereocenters. The van der Waals surface area contributed by atoms with E-state index in [0.29, 0.717) is 18.7 Å². The zero-order chi connectivity index (χ0) is 19.5. The summed E-state index contributed by atoms with van der Waals surface area (Å²) in [6.07, 6.45) is 3.67. The minimum absolute atomic E-state index is 0.0938. The molecule has 1 fully saturated rings. The predicted molar refractivity (Wildman–Crippen MR) is 106 cm³/mol. The molecule has 1 aromatic carbocycles. The van der Waals surface area contributed by atoms with Gasteiger partial charge in [-0.05, 0) is 26.0 Å². The number of carbonyl (C=O) groups excluding carboxylic acids is 1. The molecule has 2 aromatic heterocycles. The average Bonchev–Trinajstić information content (AvgIpc) is 3.11. The first kappa shape index (κ1) is 18.4. The predicted octanol–water partition coefficient (Wildman–Crippen LogP) is 1.87. The summed E-state index contributed by atoms with van der Waals surface area (Å²) in [5.41, 5.74) is 1.42. The van der Waals surface area contributed by atoms with E-state index in [-0.39, 0.29) is 18.1 Å². The molecule has 2 atom stereocenters. The number of amides is 1. The summed E-state index contributed by atoms with van der Waals surface area (Å²) in [5.74, 6) is 0.787. The van der Waals surface area contributed by atoms with Crippen LogP contribution in [0.1, 0.15) is 24.2 Å². The molecule has 4 rings (SSSR count). The summed E-state index contributed by atoms with van der Waals surface area (Å²) in [4.78, 5) is 23.3. The SMILES string of the molecule is C[C@@H]1CN(c2ncnc3c2cnn3CCNC(=O)c2ccccc2)C[C@H](C)O1. The van der Waals surface area contributed by atoms with Gasteiger partial charge in [-0.3, -0.25) is 4.79 Å². The molecule has 0 spiro atoms. The van der Waals surface area contributed by atoms with E-state index in [9.17, 15) is 4.79 Å². The van der Waals surface area contributed by atoms with Gasteiger partial charge in [-0.25, -0.2) is 14.6 Å². The lowest BCUT2D eigenvalue weighted by molar-refractivity contribution is -0.00537. The fourth-order valence-corrected chi connectivity index (χ4v) is 3.61. The molecule has 1 aliphatic rings. The number of nitrogens with one attached hydrogen (secondary N) is 1. The molecule has 8 heteroatoms. The average molecular weight is 380 g/mol. The van der Waals surface area contributed by atoms with Crippen molar-refractivity contribution in [1.29, 1.82) is 0 Å². The topological polar surface area (TPSA) is 85.2 Å². The summed E-state index contributed by atoms with van der Waals surface area (Å²) < 4.78 is 7.63. The maximum Gasteiger partial charge on any atom is 0.251 e. The van der Waals surface area contributed by atoms with Gasteiger partial charge in [-0.15, -0.1) is 0 Å². The van der Waals surface area contributed by atoms with E-state index in [1.807, 2.05) is 18.2 Å². The molecule has 1 amide bonds. The zero-order valence-corrected chi connectivity index (χ0v) is 16.1. The lowest BCUT2D eigenvalue weighted by atomic mass is 10.2. The van der Waals surface area contributed by atoms with Gasteiger partial charge in [0.15, 0.2) is 5.65 Å². The summed E-state index contributed by atoms with van der Waals surface area (Å²) in [5, 5.41) is 8.30. The number of anilines is 1. The van der Waals surface area contributed by atoms with E-state index in [1.54, 1.807) is 29.3 Å².